The molecule has 1 atom stereocenters. The molecule has 0 unspecified atom stereocenters. The molecule has 7 heteroatoms. The standard InChI is InChI=1S/C19H22N4O3/c24-17(22-13-10-19(26-12-13)7-3-1-4-8-19)14-11-21-16(23-18(14)25)15-6-2-5-9-20-15/h2,5-6,9,11,13H,1,3-4,7-8,10,12H2,(H,22,24)(H,21,23,25)/t13-/m1/s1. The molecule has 136 valence electrons. The van der Waals surface area contributed by atoms with Gasteiger partial charge in [-0.25, -0.2) is 4.98 Å². The van der Waals surface area contributed by atoms with Gasteiger partial charge >= 0.3 is 0 Å². The summed E-state index contributed by atoms with van der Waals surface area (Å²) in [6.45, 7) is 0.503. The fourth-order valence-electron chi connectivity index (χ4n) is 3.93. The van der Waals surface area contributed by atoms with Gasteiger partial charge < -0.3 is 15.0 Å². The van der Waals surface area contributed by atoms with E-state index in [1.165, 1.54) is 25.5 Å². The lowest BCUT2D eigenvalue weighted by Gasteiger charge is -2.32. The van der Waals surface area contributed by atoms with E-state index in [2.05, 4.69) is 20.3 Å². The number of nitrogens with one attached hydrogen (secondary N) is 2. The van der Waals surface area contributed by atoms with Crippen LogP contribution in [0.1, 0.15) is 48.9 Å². The van der Waals surface area contributed by atoms with Crippen molar-refractivity contribution in [3.63, 3.8) is 0 Å². The molecule has 1 amide bonds. The van der Waals surface area contributed by atoms with Gasteiger partial charge in [0.05, 0.1) is 18.2 Å². The first-order valence-corrected chi connectivity index (χ1v) is 9.11. The maximum absolute atomic E-state index is 12.5. The van der Waals surface area contributed by atoms with Crippen LogP contribution in [0.5, 0.6) is 0 Å². The number of carbonyl (C=O) groups excluding carboxylic acids is 1. The SMILES string of the molecule is O=C(N[C@H]1COC2(CCCCC2)C1)c1cnc(-c2ccccn2)[nH]c1=O. The molecule has 0 radical (unpaired) electrons. The predicted molar refractivity (Wildman–Crippen MR) is 95.7 cm³/mol. The molecule has 2 N–H and O–H groups in total. The van der Waals surface area contributed by atoms with E-state index in [0.717, 1.165) is 19.3 Å². The average Bonchev–Trinajstić information content (AvgIpc) is 3.04. The first kappa shape index (κ1) is 16.9. The number of hydrogen-bond donors (Lipinski definition) is 2. The third kappa shape index (κ3) is 3.39. The minimum atomic E-state index is -0.468. The van der Waals surface area contributed by atoms with Crippen molar-refractivity contribution in [3.05, 3.63) is 46.5 Å². The Morgan fingerprint density at radius 2 is 2.08 bits per heavy atom. The Morgan fingerprint density at radius 3 is 2.81 bits per heavy atom. The Hall–Kier alpha value is -2.54. The zero-order chi connectivity index (χ0) is 18.0. The number of carbonyl (C=O) groups is 1. The second-order valence-electron chi connectivity index (χ2n) is 7.12. The molecular weight excluding hydrogens is 332 g/mol. The molecule has 2 aromatic rings. The van der Waals surface area contributed by atoms with Crippen LogP contribution in [-0.2, 0) is 4.74 Å². The van der Waals surface area contributed by atoms with Crippen molar-refractivity contribution in [1.29, 1.82) is 0 Å². The number of amides is 1. The van der Waals surface area contributed by atoms with Crippen molar-refractivity contribution in [2.45, 2.75) is 50.2 Å². The summed E-state index contributed by atoms with van der Waals surface area (Å²) in [5.74, 6) is -0.0645. The zero-order valence-corrected chi connectivity index (χ0v) is 14.5. The molecule has 2 fully saturated rings. The van der Waals surface area contributed by atoms with Gasteiger partial charge in [-0.15, -0.1) is 0 Å². The summed E-state index contributed by atoms with van der Waals surface area (Å²) in [7, 11) is 0. The van der Waals surface area contributed by atoms with Gasteiger partial charge in [0.15, 0.2) is 5.82 Å². The third-order valence-electron chi connectivity index (χ3n) is 5.26. The lowest BCUT2D eigenvalue weighted by atomic mass is 9.82. The van der Waals surface area contributed by atoms with E-state index in [4.69, 9.17) is 4.74 Å². The minimum absolute atomic E-state index is 0.00859. The molecule has 26 heavy (non-hydrogen) atoms. The first-order chi connectivity index (χ1) is 12.7. The summed E-state index contributed by atoms with van der Waals surface area (Å²) in [4.78, 5) is 35.8. The largest absolute Gasteiger partial charge is 0.373 e. The van der Waals surface area contributed by atoms with E-state index >= 15 is 0 Å². The molecule has 1 saturated heterocycles. The molecule has 3 heterocycles. The van der Waals surface area contributed by atoms with Crippen molar-refractivity contribution >= 4 is 5.91 Å². The van der Waals surface area contributed by atoms with Crippen molar-refractivity contribution < 1.29 is 9.53 Å². The van der Waals surface area contributed by atoms with Gasteiger partial charge in [-0.3, -0.25) is 14.6 Å². The number of aromatic nitrogens is 3. The molecule has 1 aliphatic carbocycles. The number of H-pyrrole nitrogens is 1. The quantitative estimate of drug-likeness (QED) is 0.879. The first-order valence-electron chi connectivity index (χ1n) is 9.11. The maximum atomic E-state index is 12.5. The highest BCUT2D eigenvalue weighted by Crippen LogP contribution is 2.39. The third-order valence-corrected chi connectivity index (χ3v) is 5.26. The molecule has 2 aliphatic rings. The van der Waals surface area contributed by atoms with Crippen molar-refractivity contribution in [3.8, 4) is 11.5 Å². The van der Waals surface area contributed by atoms with Gasteiger partial charge in [-0.05, 0) is 31.4 Å². The number of nitrogens with zero attached hydrogens (tertiary/aromatic N) is 2. The van der Waals surface area contributed by atoms with Crippen molar-refractivity contribution in [2.24, 2.45) is 0 Å². The topological polar surface area (TPSA) is 97.0 Å². The number of ether oxygens (including phenoxy) is 1. The predicted octanol–water partition coefficient (Wildman–Crippen LogP) is 2.05. The Kier molecular flexibility index (Phi) is 4.55. The van der Waals surface area contributed by atoms with E-state index in [-0.39, 0.29) is 17.2 Å². The fourth-order valence-corrected chi connectivity index (χ4v) is 3.93. The van der Waals surface area contributed by atoms with Gasteiger partial charge in [0, 0.05) is 12.4 Å². The monoisotopic (exact) mass is 354 g/mol. The van der Waals surface area contributed by atoms with Gasteiger partial charge in [-0.2, -0.15) is 0 Å². The molecular formula is C19H22N4O3. The smallest absolute Gasteiger partial charge is 0.264 e. The van der Waals surface area contributed by atoms with Crippen LogP contribution in [0.15, 0.2) is 35.4 Å². The molecule has 0 aromatic carbocycles. The van der Waals surface area contributed by atoms with Crippen molar-refractivity contribution in [2.75, 3.05) is 6.61 Å². The van der Waals surface area contributed by atoms with Crippen molar-refractivity contribution in [1.82, 2.24) is 20.3 Å². The Bertz CT molecular complexity index is 843. The highest BCUT2D eigenvalue weighted by molar-refractivity contribution is 5.93. The van der Waals surface area contributed by atoms with Crippen LogP contribution in [0.4, 0.5) is 0 Å². The second-order valence-corrected chi connectivity index (χ2v) is 7.12. The molecule has 2 aromatic heterocycles. The van der Waals surface area contributed by atoms with Crippen LogP contribution >= 0.6 is 0 Å². The van der Waals surface area contributed by atoms with Crippen LogP contribution < -0.4 is 10.9 Å². The molecule has 1 aliphatic heterocycles. The lowest BCUT2D eigenvalue weighted by molar-refractivity contribution is -0.0246. The van der Waals surface area contributed by atoms with E-state index in [0.29, 0.717) is 18.1 Å². The van der Waals surface area contributed by atoms with E-state index in [9.17, 15) is 9.59 Å². The fraction of sp³-hybridized carbons (Fsp3) is 0.474. The molecule has 1 saturated carbocycles. The van der Waals surface area contributed by atoms with Crippen LogP contribution in [0, 0.1) is 0 Å². The minimum Gasteiger partial charge on any atom is -0.373 e. The highest BCUT2D eigenvalue weighted by Gasteiger charge is 2.41. The van der Waals surface area contributed by atoms with Gasteiger partial charge in [-0.1, -0.05) is 25.3 Å². The second kappa shape index (κ2) is 6.99. The zero-order valence-electron chi connectivity index (χ0n) is 14.5. The number of rotatable bonds is 3. The average molecular weight is 354 g/mol. The summed E-state index contributed by atoms with van der Waals surface area (Å²) in [6.07, 6.45) is 9.47. The van der Waals surface area contributed by atoms with Gasteiger partial charge in [0.1, 0.15) is 11.3 Å². The number of aromatic amines is 1. The summed E-state index contributed by atoms with van der Waals surface area (Å²) >= 11 is 0. The van der Waals surface area contributed by atoms with Gasteiger partial charge in [0.25, 0.3) is 11.5 Å². The van der Waals surface area contributed by atoms with Crippen LogP contribution in [0.2, 0.25) is 0 Å². The Labute approximate surface area is 151 Å². The highest BCUT2D eigenvalue weighted by atomic mass is 16.5. The summed E-state index contributed by atoms with van der Waals surface area (Å²) in [5, 5.41) is 2.93. The summed E-state index contributed by atoms with van der Waals surface area (Å²) in [6, 6.07) is 5.28. The van der Waals surface area contributed by atoms with E-state index in [1.54, 1.807) is 18.3 Å². The summed E-state index contributed by atoms with van der Waals surface area (Å²) < 4.78 is 6.01. The lowest BCUT2D eigenvalue weighted by Crippen LogP contribution is -2.39. The Morgan fingerprint density at radius 1 is 1.23 bits per heavy atom. The summed E-state index contributed by atoms with van der Waals surface area (Å²) in [5.41, 5.74) is 0.0164. The maximum Gasteiger partial charge on any atom is 0.264 e. The van der Waals surface area contributed by atoms with Crippen LogP contribution in [-0.4, -0.2) is 39.1 Å². The normalized spacial score (nSPS) is 21.6. The molecule has 0 bridgehead atoms. The van der Waals surface area contributed by atoms with Gasteiger partial charge in [0.2, 0.25) is 0 Å². The number of pyridine rings is 1. The Balaban J connectivity index is 1.45. The van der Waals surface area contributed by atoms with E-state index < -0.39 is 11.5 Å². The van der Waals surface area contributed by atoms with Crippen LogP contribution in [0.3, 0.4) is 0 Å². The van der Waals surface area contributed by atoms with E-state index in [1.807, 2.05) is 6.07 Å². The number of hydrogen-bond acceptors (Lipinski definition) is 5. The molecule has 4 rings (SSSR count). The molecule has 7 nitrogen and oxygen atoms in total. The van der Waals surface area contributed by atoms with Crippen LogP contribution in [0.25, 0.3) is 11.5 Å². The molecule has 1 spiro atoms.